The van der Waals surface area contributed by atoms with Gasteiger partial charge in [0.1, 0.15) is 17.3 Å². The lowest BCUT2D eigenvalue weighted by atomic mass is 9.84. The average Bonchev–Trinajstić information content (AvgIpc) is 2.92. The van der Waals surface area contributed by atoms with Crippen LogP contribution in [0.5, 0.6) is 11.5 Å². The van der Waals surface area contributed by atoms with Crippen LogP contribution in [-0.2, 0) is 29.6 Å². The molecular weight excluding hydrogens is 514 g/mol. The Hall–Kier alpha value is -3.75. The lowest BCUT2D eigenvalue weighted by molar-refractivity contribution is -0.114. The summed E-state index contributed by atoms with van der Waals surface area (Å²) in [6, 6.07) is 16.0. The summed E-state index contributed by atoms with van der Waals surface area (Å²) in [6.45, 7) is 12.9. The SMILES string of the molecule is CC(=O)Nc1cc(Oc2ccc3c(c2)CC(NC(=O)c2cc(CN4CCNCC4)cc(C(C)(C)C)c2)CC3)ccn1. The molecule has 216 valence electrons. The largest absolute Gasteiger partial charge is 0.457 e. The van der Waals surface area contributed by atoms with Crippen LogP contribution >= 0.6 is 0 Å². The number of anilines is 1. The minimum absolute atomic E-state index is 0.0131. The van der Waals surface area contributed by atoms with E-state index in [2.05, 4.69) is 76.9 Å². The van der Waals surface area contributed by atoms with Crippen LogP contribution < -0.4 is 20.7 Å². The highest BCUT2D eigenvalue weighted by atomic mass is 16.5. The monoisotopic (exact) mass is 555 g/mol. The molecule has 1 atom stereocenters. The minimum Gasteiger partial charge on any atom is -0.457 e. The standard InChI is InChI=1S/C33H41N5O3/c1-22(39)36-31-20-30(9-10-35-31)41-29-8-6-24-5-7-28(18-25(24)19-29)37-32(40)26-15-23(16-27(17-26)33(2,3)4)21-38-13-11-34-12-14-38/h6,8-10,15-17,19-20,28,34H,5,7,11-14,18,21H2,1-4H3,(H,37,40)(H,35,36,39). The summed E-state index contributed by atoms with van der Waals surface area (Å²) in [5.74, 6) is 1.56. The van der Waals surface area contributed by atoms with Gasteiger partial charge in [-0.05, 0) is 77.3 Å². The van der Waals surface area contributed by atoms with Crippen molar-refractivity contribution in [2.75, 3.05) is 31.5 Å². The second kappa shape index (κ2) is 12.4. The fourth-order valence-corrected chi connectivity index (χ4v) is 5.52. The number of fused-ring (bicyclic) bond motifs is 1. The number of carbonyl (C=O) groups is 2. The van der Waals surface area contributed by atoms with Gasteiger partial charge in [-0.15, -0.1) is 0 Å². The van der Waals surface area contributed by atoms with E-state index in [1.165, 1.54) is 29.2 Å². The first-order valence-corrected chi connectivity index (χ1v) is 14.5. The van der Waals surface area contributed by atoms with Crippen molar-refractivity contribution >= 4 is 17.6 Å². The van der Waals surface area contributed by atoms with E-state index in [1.807, 2.05) is 6.07 Å². The topological polar surface area (TPSA) is 95.6 Å². The number of hydrogen-bond acceptors (Lipinski definition) is 6. The molecule has 0 radical (unpaired) electrons. The van der Waals surface area contributed by atoms with Crippen LogP contribution in [0, 0.1) is 0 Å². The molecule has 0 saturated carbocycles. The predicted molar refractivity (Wildman–Crippen MR) is 162 cm³/mol. The van der Waals surface area contributed by atoms with Crippen molar-refractivity contribution < 1.29 is 14.3 Å². The number of piperazine rings is 1. The molecule has 0 spiro atoms. The molecule has 0 bridgehead atoms. The first-order valence-electron chi connectivity index (χ1n) is 14.5. The minimum atomic E-state index is -0.183. The zero-order valence-electron chi connectivity index (χ0n) is 24.5. The molecule has 8 heteroatoms. The van der Waals surface area contributed by atoms with Crippen LogP contribution in [0.1, 0.15) is 66.7 Å². The van der Waals surface area contributed by atoms with Crippen molar-refractivity contribution in [3.05, 3.63) is 82.5 Å². The van der Waals surface area contributed by atoms with Gasteiger partial charge < -0.3 is 20.7 Å². The number of aromatic nitrogens is 1. The third-order valence-electron chi connectivity index (χ3n) is 7.75. The Bertz CT molecular complexity index is 1410. The van der Waals surface area contributed by atoms with Gasteiger partial charge >= 0.3 is 0 Å². The molecule has 1 saturated heterocycles. The van der Waals surface area contributed by atoms with Gasteiger partial charge in [0.15, 0.2) is 0 Å². The van der Waals surface area contributed by atoms with Crippen molar-refractivity contribution in [1.29, 1.82) is 0 Å². The normalized spacial score (nSPS) is 17.4. The Morgan fingerprint density at radius 3 is 2.56 bits per heavy atom. The van der Waals surface area contributed by atoms with Gasteiger partial charge in [0, 0.05) is 63.5 Å². The van der Waals surface area contributed by atoms with E-state index in [4.69, 9.17) is 4.74 Å². The Balaban J connectivity index is 1.28. The van der Waals surface area contributed by atoms with Crippen LogP contribution in [0.3, 0.4) is 0 Å². The van der Waals surface area contributed by atoms with Crippen LogP contribution in [-0.4, -0.2) is 53.9 Å². The van der Waals surface area contributed by atoms with Gasteiger partial charge in [0.05, 0.1) is 0 Å². The van der Waals surface area contributed by atoms with Crippen LogP contribution in [0.25, 0.3) is 0 Å². The van der Waals surface area contributed by atoms with E-state index >= 15 is 0 Å². The zero-order chi connectivity index (χ0) is 29.0. The number of carbonyl (C=O) groups excluding carboxylic acids is 2. The lowest BCUT2D eigenvalue weighted by Crippen LogP contribution is -2.43. The van der Waals surface area contributed by atoms with Crippen LogP contribution in [0.4, 0.5) is 5.82 Å². The fourth-order valence-electron chi connectivity index (χ4n) is 5.52. The summed E-state index contributed by atoms with van der Waals surface area (Å²) in [5.41, 5.74) is 5.52. The van der Waals surface area contributed by atoms with E-state index in [9.17, 15) is 9.59 Å². The van der Waals surface area contributed by atoms with Gasteiger partial charge in [-0.3, -0.25) is 14.5 Å². The van der Waals surface area contributed by atoms with Gasteiger partial charge in [-0.1, -0.05) is 32.9 Å². The second-order valence-electron chi connectivity index (χ2n) is 12.2. The molecule has 2 heterocycles. The summed E-state index contributed by atoms with van der Waals surface area (Å²) in [4.78, 5) is 31.5. The van der Waals surface area contributed by atoms with Gasteiger partial charge in [-0.25, -0.2) is 4.98 Å². The smallest absolute Gasteiger partial charge is 0.251 e. The lowest BCUT2D eigenvalue weighted by Gasteiger charge is -2.29. The Kier molecular flexibility index (Phi) is 8.71. The summed E-state index contributed by atoms with van der Waals surface area (Å²) in [5, 5.41) is 9.42. The summed E-state index contributed by atoms with van der Waals surface area (Å²) >= 11 is 0. The number of amides is 2. The molecule has 1 aromatic heterocycles. The highest BCUT2D eigenvalue weighted by Gasteiger charge is 2.24. The second-order valence-corrected chi connectivity index (χ2v) is 12.2. The van der Waals surface area contributed by atoms with Crippen molar-refractivity contribution in [2.24, 2.45) is 0 Å². The van der Waals surface area contributed by atoms with Crippen molar-refractivity contribution in [2.45, 2.75) is 65.0 Å². The van der Waals surface area contributed by atoms with E-state index in [0.717, 1.165) is 57.5 Å². The number of pyridine rings is 1. The summed E-state index contributed by atoms with van der Waals surface area (Å²) < 4.78 is 6.09. The number of hydrogen-bond donors (Lipinski definition) is 3. The molecule has 2 aliphatic rings. The molecule has 1 fully saturated rings. The van der Waals surface area contributed by atoms with E-state index in [1.54, 1.807) is 18.3 Å². The number of nitrogens with one attached hydrogen (secondary N) is 3. The molecule has 1 aliphatic carbocycles. The molecule has 1 aliphatic heterocycles. The third-order valence-corrected chi connectivity index (χ3v) is 7.75. The Morgan fingerprint density at radius 2 is 1.80 bits per heavy atom. The van der Waals surface area contributed by atoms with Crippen molar-refractivity contribution in [1.82, 2.24) is 20.5 Å². The first-order chi connectivity index (χ1) is 19.6. The van der Waals surface area contributed by atoms with Crippen molar-refractivity contribution in [3.8, 4) is 11.5 Å². The van der Waals surface area contributed by atoms with Crippen molar-refractivity contribution in [3.63, 3.8) is 0 Å². The number of aryl methyl sites for hydroxylation is 1. The average molecular weight is 556 g/mol. The number of nitrogens with zero attached hydrogens (tertiary/aromatic N) is 2. The summed E-state index contributed by atoms with van der Waals surface area (Å²) in [7, 11) is 0. The quantitative estimate of drug-likeness (QED) is 0.387. The number of benzene rings is 2. The van der Waals surface area contributed by atoms with E-state index in [0.29, 0.717) is 17.3 Å². The van der Waals surface area contributed by atoms with E-state index in [-0.39, 0.29) is 23.3 Å². The Labute approximate surface area is 242 Å². The van der Waals surface area contributed by atoms with Crippen LogP contribution in [0.2, 0.25) is 0 Å². The van der Waals surface area contributed by atoms with E-state index < -0.39 is 0 Å². The first kappa shape index (κ1) is 28.8. The maximum absolute atomic E-state index is 13.6. The van der Waals surface area contributed by atoms with Crippen LogP contribution in [0.15, 0.2) is 54.7 Å². The number of ether oxygens (including phenoxy) is 1. The molecule has 3 N–H and O–H groups in total. The maximum atomic E-state index is 13.6. The molecule has 2 amide bonds. The maximum Gasteiger partial charge on any atom is 0.251 e. The van der Waals surface area contributed by atoms with Gasteiger partial charge in [0.2, 0.25) is 5.91 Å². The highest BCUT2D eigenvalue weighted by molar-refractivity contribution is 5.95. The molecular formula is C33H41N5O3. The Morgan fingerprint density at radius 1 is 1.02 bits per heavy atom. The molecule has 8 nitrogen and oxygen atoms in total. The predicted octanol–water partition coefficient (Wildman–Crippen LogP) is 4.82. The molecule has 3 aromatic rings. The van der Waals surface area contributed by atoms with Gasteiger partial charge in [0.25, 0.3) is 5.91 Å². The molecule has 2 aromatic carbocycles. The third kappa shape index (κ3) is 7.71. The van der Waals surface area contributed by atoms with Gasteiger partial charge in [-0.2, -0.15) is 0 Å². The molecule has 41 heavy (non-hydrogen) atoms. The molecule has 1 unspecified atom stereocenters. The fraction of sp³-hybridized carbons (Fsp3) is 0.424. The zero-order valence-corrected chi connectivity index (χ0v) is 24.5. The summed E-state index contributed by atoms with van der Waals surface area (Å²) in [6.07, 6.45) is 4.15. The molecule has 5 rings (SSSR count). The number of rotatable bonds is 7. The highest BCUT2D eigenvalue weighted by Crippen LogP contribution is 2.30.